The third-order valence-electron chi connectivity index (χ3n) is 1.14. The van der Waals surface area contributed by atoms with E-state index in [4.69, 9.17) is 0 Å². The van der Waals surface area contributed by atoms with Gasteiger partial charge in [-0.2, -0.15) is 0 Å². The molecule has 0 fully saturated rings. The molecule has 1 aromatic rings. The number of hydrogen-bond donors (Lipinski definition) is 3. The smallest absolute Gasteiger partial charge is 0.286 e. The van der Waals surface area contributed by atoms with Gasteiger partial charge in [-0.15, -0.1) is 0 Å². The Hall–Kier alpha value is -1.30. The van der Waals surface area contributed by atoms with Crippen molar-refractivity contribution in [2.45, 2.75) is 0 Å². The minimum Gasteiger partial charge on any atom is -0.356 e. The van der Waals surface area contributed by atoms with Crippen molar-refractivity contribution in [1.82, 2.24) is 15.8 Å². The van der Waals surface area contributed by atoms with Crippen molar-refractivity contribution >= 4 is 28.2 Å². The van der Waals surface area contributed by atoms with Crippen LogP contribution in [-0.2, 0) is 4.79 Å². The maximum Gasteiger partial charge on any atom is 0.286 e. The molecule has 0 aromatic carbocycles. The van der Waals surface area contributed by atoms with E-state index in [1.54, 1.807) is 12.3 Å². The Labute approximate surface area is 76.6 Å². The second kappa shape index (κ2) is 3.91. The van der Waals surface area contributed by atoms with Crippen LogP contribution in [0.2, 0.25) is 0 Å². The molecule has 0 saturated heterocycles. The van der Waals surface area contributed by atoms with Gasteiger partial charge in [0.1, 0.15) is 5.69 Å². The van der Waals surface area contributed by atoms with E-state index in [1.807, 2.05) is 5.43 Å². The van der Waals surface area contributed by atoms with Gasteiger partial charge in [-0.05, 0) is 22.0 Å². The van der Waals surface area contributed by atoms with Crippen LogP contribution in [-0.4, -0.2) is 17.3 Å². The summed E-state index contributed by atoms with van der Waals surface area (Å²) in [4.78, 5) is 23.5. The van der Waals surface area contributed by atoms with Gasteiger partial charge in [0, 0.05) is 10.7 Å². The van der Waals surface area contributed by atoms with Crippen LogP contribution in [0.3, 0.4) is 0 Å². The van der Waals surface area contributed by atoms with Crippen molar-refractivity contribution in [2.75, 3.05) is 0 Å². The van der Waals surface area contributed by atoms with Crippen LogP contribution in [0, 0.1) is 0 Å². The van der Waals surface area contributed by atoms with Crippen molar-refractivity contribution in [3.8, 4) is 0 Å². The molecule has 6 heteroatoms. The zero-order valence-corrected chi connectivity index (χ0v) is 7.51. The SMILES string of the molecule is O=CNNC(=O)c1cc(Br)c[nH]1. The molecule has 0 aliphatic carbocycles. The lowest BCUT2D eigenvalue weighted by Gasteiger charge is -1.98. The van der Waals surface area contributed by atoms with Crippen molar-refractivity contribution in [1.29, 1.82) is 0 Å². The Morgan fingerprint density at radius 1 is 1.67 bits per heavy atom. The Morgan fingerprint density at radius 3 is 2.92 bits per heavy atom. The number of amides is 2. The summed E-state index contributed by atoms with van der Waals surface area (Å²) in [5.74, 6) is -0.396. The van der Waals surface area contributed by atoms with E-state index >= 15 is 0 Å². The van der Waals surface area contributed by atoms with Gasteiger partial charge in [0.05, 0.1) is 0 Å². The van der Waals surface area contributed by atoms with E-state index in [9.17, 15) is 9.59 Å². The van der Waals surface area contributed by atoms with Gasteiger partial charge < -0.3 is 4.98 Å². The van der Waals surface area contributed by atoms with Crippen molar-refractivity contribution < 1.29 is 9.59 Å². The summed E-state index contributed by atoms with van der Waals surface area (Å²) in [7, 11) is 0. The van der Waals surface area contributed by atoms with E-state index in [0.29, 0.717) is 12.1 Å². The van der Waals surface area contributed by atoms with Gasteiger partial charge in [-0.1, -0.05) is 0 Å². The molecule has 3 N–H and O–H groups in total. The fourth-order valence-electron chi connectivity index (χ4n) is 0.661. The number of aromatic nitrogens is 1. The van der Waals surface area contributed by atoms with Crippen LogP contribution in [0.25, 0.3) is 0 Å². The van der Waals surface area contributed by atoms with Gasteiger partial charge in [0.15, 0.2) is 0 Å². The number of H-pyrrole nitrogens is 1. The predicted molar refractivity (Wildman–Crippen MR) is 45.2 cm³/mol. The number of halogens is 1. The van der Waals surface area contributed by atoms with Gasteiger partial charge in [-0.3, -0.25) is 20.4 Å². The van der Waals surface area contributed by atoms with Gasteiger partial charge >= 0.3 is 0 Å². The molecule has 0 bridgehead atoms. The molecule has 0 atom stereocenters. The highest BCUT2D eigenvalue weighted by Gasteiger charge is 2.05. The first-order valence-electron chi connectivity index (χ1n) is 3.07. The average molecular weight is 232 g/mol. The number of hydrazine groups is 1. The van der Waals surface area contributed by atoms with Crippen LogP contribution < -0.4 is 10.9 Å². The molecule has 1 heterocycles. The normalized spacial score (nSPS) is 9.08. The summed E-state index contributed by atoms with van der Waals surface area (Å²) >= 11 is 3.17. The van der Waals surface area contributed by atoms with E-state index in [-0.39, 0.29) is 0 Å². The summed E-state index contributed by atoms with van der Waals surface area (Å²) in [5.41, 5.74) is 4.56. The molecule has 0 unspecified atom stereocenters. The molecule has 64 valence electrons. The summed E-state index contributed by atoms with van der Waals surface area (Å²) in [6, 6.07) is 1.60. The fourth-order valence-corrected chi connectivity index (χ4v) is 1.00. The van der Waals surface area contributed by atoms with Crippen LogP contribution in [0.5, 0.6) is 0 Å². The number of carbonyl (C=O) groups excluding carboxylic acids is 2. The maximum absolute atomic E-state index is 11.0. The van der Waals surface area contributed by atoms with Gasteiger partial charge in [-0.25, -0.2) is 0 Å². The minimum atomic E-state index is -0.396. The average Bonchev–Trinajstić information content (AvgIpc) is 2.47. The number of hydrogen-bond acceptors (Lipinski definition) is 2. The van der Waals surface area contributed by atoms with E-state index < -0.39 is 5.91 Å². The third kappa shape index (κ3) is 2.09. The number of carbonyl (C=O) groups is 2. The lowest BCUT2D eigenvalue weighted by atomic mass is 10.4. The number of aromatic amines is 1. The van der Waals surface area contributed by atoms with Crippen molar-refractivity contribution in [2.24, 2.45) is 0 Å². The molecule has 2 amide bonds. The Balaban J connectivity index is 2.59. The zero-order valence-electron chi connectivity index (χ0n) is 5.93. The lowest BCUT2D eigenvalue weighted by Crippen LogP contribution is -2.36. The summed E-state index contributed by atoms with van der Waals surface area (Å²) in [6.45, 7) is 0. The molecule has 1 aromatic heterocycles. The third-order valence-corrected chi connectivity index (χ3v) is 1.59. The maximum atomic E-state index is 11.0. The highest BCUT2D eigenvalue weighted by atomic mass is 79.9. The molecule has 0 spiro atoms. The lowest BCUT2D eigenvalue weighted by molar-refractivity contribution is -0.110. The number of nitrogens with one attached hydrogen (secondary N) is 3. The van der Waals surface area contributed by atoms with E-state index in [2.05, 4.69) is 26.3 Å². The molecular formula is C6H6BrN3O2. The molecule has 0 aliphatic heterocycles. The highest BCUT2D eigenvalue weighted by molar-refractivity contribution is 9.10. The second-order valence-electron chi connectivity index (χ2n) is 1.95. The molecule has 0 aliphatic rings. The molecule has 0 saturated carbocycles. The monoisotopic (exact) mass is 231 g/mol. The summed E-state index contributed by atoms with van der Waals surface area (Å²) in [6.07, 6.45) is 2.01. The summed E-state index contributed by atoms with van der Waals surface area (Å²) < 4.78 is 0.777. The van der Waals surface area contributed by atoms with Crippen LogP contribution in [0.4, 0.5) is 0 Å². The fraction of sp³-hybridized carbons (Fsp3) is 0. The molecular weight excluding hydrogens is 226 g/mol. The Bertz CT molecular complexity index is 297. The highest BCUT2D eigenvalue weighted by Crippen LogP contribution is 2.09. The van der Waals surface area contributed by atoms with Gasteiger partial charge in [0.25, 0.3) is 5.91 Å². The molecule has 0 radical (unpaired) electrons. The Morgan fingerprint density at radius 2 is 2.42 bits per heavy atom. The molecule has 1 rings (SSSR count). The van der Waals surface area contributed by atoms with Gasteiger partial charge in [0.2, 0.25) is 6.41 Å². The number of rotatable bonds is 3. The minimum absolute atomic E-state index is 0.372. The van der Waals surface area contributed by atoms with Crippen molar-refractivity contribution in [3.63, 3.8) is 0 Å². The predicted octanol–water partition coefficient (Wildman–Crippen LogP) is 0.168. The van der Waals surface area contributed by atoms with E-state index in [0.717, 1.165) is 4.47 Å². The van der Waals surface area contributed by atoms with E-state index in [1.165, 1.54) is 0 Å². The first kappa shape index (κ1) is 8.79. The zero-order chi connectivity index (χ0) is 8.97. The molecule has 5 nitrogen and oxygen atoms in total. The Kier molecular flexibility index (Phi) is 2.87. The quantitative estimate of drug-likeness (QED) is 0.513. The van der Waals surface area contributed by atoms with Crippen LogP contribution in [0.15, 0.2) is 16.7 Å². The van der Waals surface area contributed by atoms with Crippen LogP contribution in [0.1, 0.15) is 10.5 Å². The van der Waals surface area contributed by atoms with Crippen LogP contribution >= 0.6 is 15.9 Å². The van der Waals surface area contributed by atoms with Crippen molar-refractivity contribution in [3.05, 3.63) is 22.4 Å². The second-order valence-corrected chi connectivity index (χ2v) is 2.86. The first-order valence-corrected chi connectivity index (χ1v) is 3.87. The largest absolute Gasteiger partial charge is 0.356 e. The first-order chi connectivity index (χ1) is 5.74. The molecule has 12 heavy (non-hydrogen) atoms. The topological polar surface area (TPSA) is 74.0 Å². The summed E-state index contributed by atoms with van der Waals surface area (Å²) in [5, 5.41) is 0. The standard InChI is InChI=1S/C6H6BrN3O2/c7-4-1-5(8-2-4)6(12)10-9-3-11/h1-3,8H,(H,9,11)(H,10,12).